The third-order valence-electron chi connectivity index (χ3n) is 6.27. The first-order valence-corrected chi connectivity index (χ1v) is 13.5. The van der Waals surface area contributed by atoms with Crippen LogP contribution >= 0.6 is 11.6 Å². The van der Waals surface area contributed by atoms with Gasteiger partial charge in [-0.2, -0.15) is 0 Å². The van der Waals surface area contributed by atoms with Gasteiger partial charge in [0.2, 0.25) is 10.0 Å². The fourth-order valence-corrected chi connectivity index (χ4v) is 5.94. The number of aliphatic carboxylic acids is 1. The summed E-state index contributed by atoms with van der Waals surface area (Å²) in [5, 5.41) is 11.7. The highest BCUT2D eigenvalue weighted by molar-refractivity contribution is 7.89. The normalized spacial score (nSPS) is 19.0. The Morgan fingerprint density at radius 2 is 1.83 bits per heavy atom. The van der Waals surface area contributed by atoms with Crippen molar-refractivity contribution in [3.05, 3.63) is 89.5 Å². The van der Waals surface area contributed by atoms with Crippen LogP contribution in [0.3, 0.4) is 0 Å². The second-order valence-electron chi connectivity index (χ2n) is 8.86. The van der Waals surface area contributed by atoms with Gasteiger partial charge in [-0.1, -0.05) is 66.2 Å². The maximum Gasteiger partial charge on any atom is 0.303 e. The molecule has 3 aromatic carbocycles. The van der Waals surface area contributed by atoms with Crippen molar-refractivity contribution >= 4 is 38.4 Å². The number of nitrogens with one attached hydrogen (secondary N) is 1. The molecule has 1 aliphatic heterocycles. The summed E-state index contributed by atoms with van der Waals surface area (Å²) in [4.78, 5) is 13.3. The van der Waals surface area contributed by atoms with E-state index in [1.165, 1.54) is 28.5 Å². The van der Waals surface area contributed by atoms with Gasteiger partial charge in [0.05, 0.1) is 4.90 Å². The first-order valence-electron chi connectivity index (χ1n) is 11.7. The number of fused-ring (bicyclic) bond motifs is 1. The van der Waals surface area contributed by atoms with E-state index in [-0.39, 0.29) is 23.4 Å². The number of carbonyl (C=O) groups is 1. The van der Waals surface area contributed by atoms with Crippen LogP contribution in [-0.2, 0) is 21.4 Å². The molecule has 184 valence electrons. The number of carboxylic acids is 1. The topological polar surface area (TPSA) is 86.7 Å². The third-order valence-corrected chi connectivity index (χ3v) is 8.06. The molecule has 6 nitrogen and oxygen atoms in total. The molecule has 2 atom stereocenters. The molecule has 0 spiro atoms. The van der Waals surface area contributed by atoms with E-state index in [1.807, 2.05) is 24.3 Å². The summed E-state index contributed by atoms with van der Waals surface area (Å²) >= 11 is 5.91. The zero-order valence-corrected chi connectivity index (χ0v) is 20.9. The van der Waals surface area contributed by atoms with Gasteiger partial charge in [-0.25, -0.2) is 13.1 Å². The van der Waals surface area contributed by atoms with Gasteiger partial charge in [0, 0.05) is 36.6 Å². The summed E-state index contributed by atoms with van der Waals surface area (Å²) in [5.41, 5.74) is 1.19. The molecule has 0 saturated carbocycles. The maximum absolute atomic E-state index is 13.0. The second-order valence-corrected chi connectivity index (χ2v) is 11.0. The van der Waals surface area contributed by atoms with Crippen molar-refractivity contribution in [1.29, 1.82) is 0 Å². The molecule has 1 heterocycles. The van der Waals surface area contributed by atoms with Crippen molar-refractivity contribution in [2.24, 2.45) is 0 Å². The molecular weight excluding hydrogens is 484 g/mol. The number of sulfonamides is 1. The van der Waals surface area contributed by atoms with E-state index in [2.05, 4.69) is 40.0 Å². The minimum absolute atomic E-state index is 0.0386. The van der Waals surface area contributed by atoms with Gasteiger partial charge in [-0.05, 0) is 59.9 Å². The standard InChI is InChI=1S/C27H29ClN2O4S/c28-22-13-15-25(16-14-22)35(33,34)29-23-17-24(10-2-1-3-12-27(31)32)30(19-23)18-21-9-6-8-20-7-4-5-11-26(20)21/h2,4-11,13-16,23-24,29H,1,3,12,17-19H2,(H,31,32)/b10-2-/t23-,24-/m1/s1. The van der Waals surface area contributed by atoms with E-state index in [4.69, 9.17) is 16.7 Å². The van der Waals surface area contributed by atoms with Crippen LogP contribution in [0.4, 0.5) is 0 Å². The Morgan fingerprint density at radius 3 is 2.60 bits per heavy atom. The van der Waals surface area contributed by atoms with Gasteiger partial charge in [0.15, 0.2) is 0 Å². The Kier molecular flexibility index (Phi) is 8.23. The van der Waals surface area contributed by atoms with Crippen molar-refractivity contribution < 1.29 is 18.3 Å². The molecule has 2 N–H and O–H groups in total. The summed E-state index contributed by atoms with van der Waals surface area (Å²) in [5.74, 6) is -0.798. The Balaban J connectivity index is 1.51. The van der Waals surface area contributed by atoms with E-state index in [1.54, 1.807) is 12.1 Å². The lowest BCUT2D eigenvalue weighted by atomic mass is 10.0. The van der Waals surface area contributed by atoms with Crippen LogP contribution in [0.5, 0.6) is 0 Å². The van der Waals surface area contributed by atoms with Crippen molar-refractivity contribution in [1.82, 2.24) is 9.62 Å². The Bertz CT molecular complexity index is 1300. The minimum atomic E-state index is -3.68. The van der Waals surface area contributed by atoms with Gasteiger partial charge in [-0.15, -0.1) is 0 Å². The van der Waals surface area contributed by atoms with Gasteiger partial charge >= 0.3 is 5.97 Å². The average molecular weight is 513 g/mol. The Morgan fingerprint density at radius 1 is 1.09 bits per heavy atom. The largest absolute Gasteiger partial charge is 0.481 e. The fourth-order valence-electron chi connectivity index (χ4n) is 4.58. The molecule has 0 radical (unpaired) electrons. The van der Waals surface area contributed by atoms with Crippen molar-refractivity contribution in [3.63, 3.8) is 0 Å². The van der Waals surface area contributed by atoms with E-state index < -0.39 is 16.0 Å². The number of carboxylic acid groups (broad SMARTS) is 1. The van der Waals surface area contributed by atoms with E-state index in [0.717, 1.165) is 0 Å². The van der Waals surface area contributed by atoms with Crippen LogP contribution in [0, 0.1) is 0 Å². The quantitative estimate of drug-likeness (QED) is 0.287. The SMILES string of the molecule is O=C(O)CCC/C=C\[C@@H]1C[C@@H](NS(=O)(=O)c2ccc(Cl)cc2)CN1Cc1cccc2ccccc12. The highest BCUT2D eigenvalue weighted by atomic mass is 35.5. The summed E-state index contributed by atoms with van der Waals surface area (Å²) in [6.45, 7) is 1.25. The number of allylic oxidation sites excluding steroid dienone is 1. The molecule has 1 saturated heterocycles. The molecule has 1 aliphatic rings. The summed E-state index contributed by atoms with van der Waals surface area (Å²) < 4.78 is 28.8. The first kappa shape index (κ1) is 25.4. The molecule has 8 heteroatoms. The average Bonchev–Trinajstić information content (AvgIpc) is 3.19. The highest BCUT2D eigenvalue weighted by Crippen LogP contribution is 2.27. The van der Waals surface area contributed by atoms with Crippen LogP contribution in [0.2, 0.25) is 5.02 Å². The molecule has 0 bridgehead atoms. The number of likely N-dealkylation sites (tertiary alicyclic amines) is 1. The molecule has 0 amide bonds. The van der Waals surface area contributed by atoms with Crippen LogP contribution in [0.1, 0.15) is 31.2 Å². The number of halogens is 1. The Labute approximate surface area is 211 Å². The number of rotatable bonds is 10. The van der Waals surface area contributed by atoms with Crippen LogP contribution < -0.4 is 4.72 Å². The number of hydrogen-bond acceptors (Lipinski definition) is 4. The van der Waals surface area contributed by atoms with Gasteiger partial charge in [0.25, 0.3) is 0 Å². The van der Waals surface area contributed by atoms with Crippen molar-refractivity contribution in [2.75, 3.05) is 6.54 Å². The molecule has 1 fully saturated rings. The molecule has 0 unspecified atom stereocenters. The van der Waals surface area contributed by atoms with Gasteiger partial charge in [0.1, 0.15) is 0 Å². The zero-order chi connectivity index (χ0) is 24.8. The number of nitrogens with zero attached hydrogens (tertiary/aromatic N) is 1. The molecule has 0 aliphatic carbocycles. The zero-order valence-electron chi connectivity index (χ0n) is 19.3. The predicted molar refractivity (Wildman–Crippen MR) is 139 cm³/mol. The van der Waals surface area contributed by atoms with Crippen LogP contribution in [0.15, 0.2) is 83.8 Å². The fraction of sp³-hybridized carbons (Fsp3) is 0.296. The van der Waals surface area contributed by atoms with Crippen molar-refractivity contribution in [2.45, 2.75) is 49.2 Å². The summed E-state index contributed by atoms with van der Waals surface area (Å²) in [6.07, 6.45) is 6.12. The second kappa shape index (κ2) is 11.4. The lowest BCUT2D eigenvalue weighted by Gasteiger charge is -2.23. The van der Waals surface area contributed by atoms with E-state index in [9.17, 15) is 13.2 Å². The smallest absolute Gasteiger partial charge is 0.303 e. The maximum atomic E-state index is 13.0. The van der Waals surface area contributed by atoms with E-state index >= 15 is 0 Å². The lowest BCUT2D eigenvalue weighted by molar-refractivity contribution is -0.137. The summed E-state index contributed by atoms with van der Waals surface area (Å²) in [7, 11) is -3.68. The molecule has 4 rings (SSSR count). The van der Waals surface area contributed by atoms with Crippen LogP contribution in [-0.4, -0.2) is 43.0 Å². The highest BCUT2D eigenvalue weighted by Gasteiger charge is 2.33. The molecule has 3 aromatic rings. The number of unbranched alkanes of at least 4 members (excludes halogenated alkanes) is 1. The number of hydrogen-bond donors (Lipinski definition) is 2. The van der Waals surface area contributed by atoms with Crippen molar-refractivity contribution in [3.8, 4) is 0 Å². The Hall–Kier alpha value is -2.71. The molecular formula is C27H29ClN2O4S. The summed E-state index contributed by atoms with van der Waals surface area (Å²) in [6, 6.07) is 20.4. The minimum Gasteiger partial charge on any atom is -0.481 e. The van der Waals surface area contributed by atoms with E-state index in [0.29, 0.717) is 37.4 Å². The van der Waals surface area contributed by atoms with Gasteiger partial charge < -0.3 is 5.11 Å². The number of benzene rings is 3. The lowest BCUT2D eigenvalue weighted by Crippen LogP contribution is -2.37. The van der Waals surface area contributed by atoms with Gasteiger partial charge in [-0.3, -0.25) is 9.69 Å². The van der Waals surface area contributed by atoms with Crippen LogP contribution in [0.25, 0.3) is 10.8 Å². The predicted octanol–water partition coefficient (Wildman–Crippen LogP) is 5.23. The monoisotopic (exact) mass is 512 g/mol. The molecule has 0 aromatic heterocycles. The third kappa shape index (κ3) is 6.70. The first-order chi connectivity index (χ1) is 16.8. The molecule has 35 heavy (non-hydrogen) atoms.